The average Bonchev–Trinajstić information content (AvgIpc) is 2.20. The Morgan fingerprint density at radius 3 is 2.47 bits per heavy atom. The number of pyridine rings is 1. The quantitative estimate of drug-likeness (QED) is 0.725. The molecule has 0 saturated heterocycles. The molecule has 0 aliphatic heterocycles. The van der Waals surface area contributed by atoms with Crippen molar-refractivity contribution in [2.24, 2.45) is 0 Å². The monoisotopic (exact) mass is 219 g/mol. The number of anilines is 2. The van der Waals surface area contributed by atoms with E-state index in [1.54, 1.807) is 24.4 Å². The van der Waals surface area contributed by atoms with Gasteiger partial charge in [-0.15, -0.1) is 0 Å². The third kappa shape index (κ3) is 2.02. The third-order valence-electron chi connectivity index (χ3n) is 2.09. The minimum Gasteiger partial charge on any atom is -0.399 e. The van der Waals surface area contributed by atoms with Crippen molar-refractivity contribution in [2.75, 3.05) is 11.5 Å². The molecule has 0 fully saturated rings. The molecule has 2 rings (SSSR count). The summed E-state index contributed by atoms with van der Waals surface area (Å²) in [7, 11) is 0. The molecule has 0 spiro atoms. The molecule has 15 heavy (non-hydrogen) atoms. The van der Waals surface area contributed by atoms with Gasteiger partial charge in [-0.25, -0.2) is 4.98 Å². The van der Waals surface area contributed by atoms with Crippen LogP contribution in [0.4, 0.5) is 11.5 Å². The fourth-order valence-electron chi connectivity index (χ4n) is 1.33. The predicted octanol–water partition coefficient (Wildman–Crippen LogP) is 2.57. The smallest absolute Gasteiger partial charge is 0.123 e. The first-order valence-corrected chi connectivity index (χ1v) is 4.81. The Morgan fingerprint density at radius 2 is 1.87 bits per heavy atom. The lowest BCUT2D eigenvalue weighted by Crippen LogP contribution is -1.90. The molecule has 2 aromatic rings. The highest BCUT2D eigenvalue weighted by molar-refractivity contribution is 6.33. The van der Waals surface area contributed by atoms with Crippen molar-refractivity contribution in [3.63, 3.8) is 0 Å². The Bertz CT molecular complexity index is 480. The number of halogens is 1. The maximum atomic E-state index is 6.06. The van der Waals surface area contributed by atoms with Gasteiger partial charge in [-0.05, 0) is 24.3 Å². The van der Waals surface area contributed by atoms with Gasteiger partial charge < -0.3 is 11.5 Å². The summed E-state index contributed by atoms with van der Waals surface area (Å²) in [5.74, 6) is 0.491. The number of hydrogen-bond acceptors (Lipinski definition) is 3. The lowest BCUT2D eigenvalue weighted by Gasteiger charge is -2.05. The highest BCUT2D eigenvalue weighted by Crippen LogP contribution is 2.29. The van der Waals surface area contributed by atoms with Gasteiger partial charge >= 0.3 is 0 Å². The molecule has 0 amide bonds. The van der Waals surface area contributed by atoms with Crippen LogP contribution in [0.15, 0.2) is 36.5 Å². The van der Waals surface area contributed by atoms with Gasteiger partial charge in [0.05, 0.1) is 5.02 Å². The number of nitrogen functional groups attached to an aromatic ring is 2. The Labute approximate surface area is 92.7 Å². The molecule has 4 heteroatoms. The molecule has 0 unspecified atom stereocenters. The van der Waals surface area contributed by atoms with Gasteiger partial charge in [0.1, 0.15) is 5.82 Å². The number of aromatic nitrogens is 1. The molecule has 0 radical (unpaired) electrons. The van der Waals surface area contributed by atoms with Gasteiger partial charge in [0, 0.05) is 23.0 Å². The van der Waals surface area contributed by atoms with E-state index in [9.17, 15) is 0 Å². The van der Waals surface area contributed by atoms with Crippen LogP contribution in [-0.4, -0.2) is 4.98 Å². The predicted molar refractivity (Wildman–Crippen MR) is 63.5 cm³/mol. The molecule has 3 nitrogen and oxygen atoms in total. The zero-order chi connectivity index (χ0) is 10.8. The highest BCUT2D eigenvalue weighted by atomic mass is 35.5. The van der Waals surface area contributed by atoms with Gasteiger partial charge in [-0.2, -0.15) is 0 Å². The number of rotatable bonds is 1. The normalized spacial score (nSPS) is 10.2. The lowest BCUT2D eigenvalue weighted by atomic mass is 10.1. The summed E-state index contributed by atoms with van der Waals surface area (Å²) in [6, 6.07) is 9.00. The first-order valence-electron chi connectivity index (χ1n) is 4.44. The highest BCUT2D eigenvalue weighted by Gasteiger charge is 2.03. The van der Waals surface area contributed by atoms with E-state index in [1.165, 1.54) is 0 Å². The van der Waals surface area contributed by atoms with Crippen LogP contribution < -0.4 is 11.5 Å². The van der Waals surface area contributed by atoms with Crippen LogP contribution >= 0.6 is 11.6 Å². The van der Waals surface area contributed by atoms with E-state index in [1.807, 2.05) is 12.1 Å². The van der Waals surface area contributed by atoms with Gasteiger partial charge in [-0.3, -0.25) is 0 Å². The molecular formula is C11H10ClN3. The summed E-state index contributed by atoms with van der Waals surface area (Å²) in [5.41, 5.74) is 13.6. The Balaban J connectivity index is 2.49. The van der Waals surface area contributed by atoms with Crippen LogP contribution in [0.3, 0.4) is 0 Å². The number of nitrogens with two attached hydrogens (primary N) is 2. The minimum atomic E-state index is 0.491. The van der Waals surface area contributed by atoms with Crippen molar-refractivity contribution in [2.45, 2.75) is 0 Å². The van der Waals surface area contributed by atoms with Crippen molar-refractivity contribution in [1.29, 1.82) is 0 Å². The molecule has 76 valence electrons. The molecule has 0 atom stereocenters. The fourth-order valence-corrected chi connectivity index (χ4v) is 1.63. The fraction of sp³-hybridized carbons (Fsp3) is 0. The zero-order valence-electron chi connectivity index (χ0n) is 7.94. The summed E-state index contributed by atoms with van der Waals surface area (Å²) >= 11 is 6.06. The van der Waals surface area contributed by atoms with E-state index in [2.05, 4.69) is 4.98 Å². The summed E-state index contributed by atoms with van der Waals surface area (Å²) in [6.45, 7) is 0. The molecule has 1 heterocycles. The molecular weight excluding hydrogens is 210 g/mol. The first-order chi connectivity index (χ1) is 7.16. The third-order valence-corrected chi connectivity index (χ3v) is 2.40. The first kappa shape index (κ1) is 9.80. The van der Waals surface area contributed by atoms with Crippen molar-refractivity contribution < 1.29 is 0 Å². The summed E-state index contributed by atoms with van der Waals surface area (Å²) in [6.07, 6.45) is 1.69. The second kappa shape index (κ2) is 3.79. The summed E-state index contributed by atoms with van der Waals surface area (Å²) in [4.78, 5) is 4.01. The van der Waals surface area contributed by atoms with Crippen LogP contribution in [-0.2, 0) is 0 Å². The summed E-state index contributed by atoms with van der Waals surface area (Å²) in [5, 5.41) is 0.613. The van der Waals surface area contributed by atoms with Crippen LogP contribution in [0.1, 0.15) is 0 Å². The second-order valence-corrected chi connectivity index (χ2v) is 3.62. The summed E-state index contributed by atoms with van der Waals surface area (Å²) < 4.78 is 0. The Morgan fingerprint density at radius 1 is 1.07 bits per heavy atom. The van der Waals surface area contributed by atoms with Gasteiger partial charge in [-0.1, -0.05) is 17.7 Å². The van der Waals surface area contributed by atoms with Gasteiger partial charge in [0.25, 0.3) is 0 Å². The molecule has 1 aromatic heterocycles. The standard InChI is InChI=1S/C11H10ClN3/c12-10-5-8(13)2-3-9(10)7-1-4-11(14)15-6-7/h1-6H,13H2,(H2,14,15). The Kier molecular flexibility index (Phi) is 2.47. The van der Waals surface area contributed by atoms with E-state index in [4.69, 9.17) is 23.1 Å². The van der Waals surface area contributed by atoms with Gasteiger partial charge in [0.15, 0.2) is 0 Å². The SMILES string of the molecule is Nc1ccc(-c2ccc(N)nc2)c(Cl)c1. The van der Waals surface area contributed by atoms with Crippen molar-refractivity contribution >= 4 is 23.1 Å². The van der Waals surface area contributed by atoms with E-state index in [0.29, 0.717) is 16.5 Å². The molecule has 0 aliphatic rings. The topological polar surface area (TPSA) is 64.9 Å². The Hall–Kier alpha value is -1.74. The maximum Gasteiger partial charge on any atom is 0.123 e. The zero-order valence-corrected chi connectivity index (χ0v) is 8.70. The largest absolute Gasteiger partial charge is 0.399 e. The van der Waals surface area contributed by atoms with Crippen LogP contribution in [0.2, 0.25) is 5.02 Å². The number of nitrogens with zero attached hydrogens (tertiary/aromatic N) is 1. The van der Waals surface area contributed by atoms with Crippen LogP contribution in [0.5, 0.6) is 0 Å². The number of hydrogen-bond donors (Lipinski definition) is 2. The molecule has 4 N–H and O–H groups in total. The van der Waals surface area contributed by atoms with Gasteiger partial charge in [0.2, 0.25) is 0 Å². The van der Waals surface area contributed by atoms with Crippen molar-refractivity contribution in [3.8, 4) is 11.1 Å². The minimum absolute atomic E-state index is 0.491. The number of benzene rings is 1. The molecule has 0 aliphatic carbocycles. The van der Waals surface area contributed by atoms with E-state index in [0.717, 1.165) is 11.1 Å². The van der Waals surface area contributed by atoms with Crippen LogP contribution in [0, 0.1) is 0 Å². The molecule has 0 bridgehead atoms. The molecule has 0 saturated carbocycles. The van der Waals surface area contributed by atoms with E-state index >= 15 is 0 Å². The van der Waals surface area contributed by atoms with Crippen molar-refractivity contribution in [3.05, 3.63) is 41.6 Å². The second-order valence-electron chi connectivity index (χ2n) is 3.21. The van der Waals surface area contributed by atoms with E-state index in [-0.39, 0.29) is 0 Å². The van der Waals surface area contributed by atoms with Crippen LogP contribution in [0.25, 0.3) is 11.1 Å². The molecule has 1 aromatic carbocycles. The van der Waals surface area contributed by atoms with E-state index < -0.39 is 0 Å². The lowest BCUT2D eigenvalue weighted by molar-refractivity contribution is 1.34. The average molecular weight is 220 g/mol. The maximum absolute atomic E-state index is 6.06. The van der Waals surface area contributed by atoms with Crippen molar-refractivity contribution in [1.82, 2.24) is 4.98 Å².